The molecule has 0 unspecified atom stereocenters. The first kappa shape index (κ1) is 23.2. The van der Waals surface area contributed by atoms with Crippen molar-refractivity contribution in [2.24, 2.45) is 0 Å². The van der Waals surface area contributed by atoms with E-state index in [1.807, 2.05) is 0 Å². The van der Waals surface area contributed by atoms with Gasteiger partial charge in [0.05, 0.1) is 16.7 Å². The van der Waals surface area contributed by atoms with Gasteiger partial charge >= 0.3 is 12.1 Å². The summed E-state index contributed by atoms with van der Waals surface area (Å²) in [6, 6.07) is 8.28. The van der Waals surface area contributed by atoms with Gasteiger partial charge in [-0.05, 0) is 48.7 Å². The molecule has 176 valence electrons. The first-order valence-corrected chi connectivity index (χ1v) is 10.8. The van der Waals surface area contributed by atoms with Crippen LogP contribution in [-0.2, 0) is 25.9 Å². The first-order chi connectivity index (χ1) is 15.7. The Hall–Kier alpha value is -2.94. The zero-order valence-electron chi connectivity index (χ0n) is 17.5. The second-order valence-corrected chi connectivity index (χ2v) is 8.40. The van der Waals surface area contributed by atoms with Crippen molar-refractivity contribution in [1.82, 2.24) is 0 Å². The summed E-state index contributed by atoms with van der Waals surface area (Å²) in [7, 11) is 0. The molecule has 0 bridgehead atoms. The summed E-state index contributed by atoms with van der Waals surface area (Å²) in [5.74, 6) is -0.349. The number of rotatable bonds is 5. The molecular weight excluding hydrogens is 463 g/mol. The normalized spacial score (nSPS) is 16.8. The van der Waals surface area contributed by atoms with E-state index >= 15 is 0 Å². The molecule has 0 atom stereocenters. The molecule has 1 aliphatic carbocycles. The maximum Gasteiger partial charge on any atom is 0.418 e. The molecule has 33 heavy (non-hydrogen) atoms. The Bertz CT molecular complexity index is 1070. The summed E-state index contributed by atoms with van der Waals surface area (Å²) >= 11 is 5.65. The summed E-state index contributed by atoms with van der Waals surface area (Å²) in [4.78, 5) is 25.4. The van der Waals surface area contributed by atoms with Crippen LogP contribution in [0.15, 0.2) is 36.4 Å². The van der Waals surface area contributed by atoms with Gasteiger partial charge in [-0.1, -0.05) is 30.5 Å². The number of carbonyl (C=O) groups is 2. The van der Waals surface area contributed by atoms with Gasteiger partial charge < -0.3 is 19.5 Å². The Labute approximate surface area is 193 Å². The average Bonchev–Trinajstić information content (AvgIpc) is 3.29. The molecule has 1 aliphatic heterocycles. The highest BCUT2D eigenvalue weighted by Crippen LogP contribution is 2.45. The fourth-order valence-corrected chi connectivity index (χ4v) is 4.42. The second kappa shape index (κ2) is 9.13. The Morgan fingerprint density at radius 3 is 2.42 bits per heavy atom. The van der Waals surface area contributed by atoms with Gasteiger partial charge in [0, 0.05) is 5.02 Å². The topological polar surface area (TPSA) is 73.9 Å². The zero-order valence-corrected chi connectivity index (χ0v) is 18.2. The molecule has 0 saturated heterocycles. The van der Waals surface area contributed by atoms with Crippen LogP contribution in [0.3, 0.4) is 0 Å². The molecule has 0 aromatic heterocycles. The van der Waals surface area contributed by atoms with Crippen molar-refractivity contribution in [3.05, 3.63) is 52.5 Å². The Balaban J connectivity index is 1.47. The van der Waals surface area contributed by atoms with Crippen molar-refractivity contribution in [2.75, 3.05) is 25.1 Å². The van der Waals surface area contributed by atoms with Crippen molar-refractivity contribution in [1.29, 1.82) is 0 Å². The van der Waals surface area contributed by atoms with Crippen LogP contribution in [0.1, 0.15) is 36.8 Å². The van der Waals surface area contributed by atoms with Crippen molar-refractivity contribution in [3.63, 3.8) is 0 Å². The van der Waals surface area contributed by atoms with Crippen LogP contribution in [0.2, 0.25) is 5.02 Å². The molecule has 10 heteroatoms. The molecule has 1 N–H and O–H groups in total. The molecule has 2 aromatic rings. The molecule has 0 spiro atoms. The molecular formula is C23H21ClF3NO5. The van der Waals surface area contributed by atoms with E-state index in [0.717, 1.165) is 25.0 Å². The van der Waals surface area contributed by atoms with Crippen LogP contribution in [0.4, 0.5) is 18.9 Å². The van der Waals surface area contributed by atoms with E-state index in [9.17, 15) is 22.8 Å². The summed E-state index contributed by atoms with van der Waals surface area (Å²) in [5, 5.41) is 2.04. The number of benzene rings is 2. The first-order valence-electron chi connectivity index (χ1n) is 10.4. The lowest BCUT2D eigenvalue weighted by molar-refractivity contribution is -0.153. The third-order valence-electron chi connectivity index (χ3n) is 5.84. The van der Waals surface area contributed by atoms with Crippen LogP contribution in [0.25, 0.3) is 0 Å². The second-order valence-electron chi connectivity index (χ2n) is 7.96. The lowest BCUT2D eigenvalue weighted by atomic mass is 9.78. The van der Waals surface area contributed by atoms with Gasteiger partial charge in [0.1, 0.15) is 13.2 Å². The van der Waals surface area contributed by atoms with Crippen LogP contribution in [0.5, 0.6) is 11.5 Å². The van der Waals surface area contributed by atoms with Crippen LogP contribution >= 0.6 is 11.6 Å². The van der Waals surface area contributed by atoms with Gasteiger partial charge in [0.2, 0.25) is 0 Å². The predicted octanol–water partition coefficient (Wildman–Crippen LogP) is 5.12. The number of amides is 1. The minimum absolute atomic E-state index is 0.116. The van der Waals surface area contributed by atoms with E-state index in [1.54, 1.807) is 18.2 Å². The summed E-state index contributed by atoms with van der Waals surface area (Å²) in [6.45, 7) is 0.127. The molecule has 1 fully saturated rings. The minimum atomic E-state index is -4.71. The minimum Gasteiger partial charge on any atom is -0.486 e. The fourth-order valence-electron chi connectivity index (χ4n) is 4.25. The van der Waals surface area contributed by atoms with Crippen molar-refractivity contribution in [3.8, 4) is 11.5 Å². The van der Waals surface area contributed by atoms with Crippen LogP contribution < -0.4 is 14.8 Å². The number of esters is 1. The predicted molar refractivity (Wildman–Crippen MR) is 114 cm³/mol. The lowest BCUT2D eigenvalue weighted by Gasteiger charge is -2.28. The third kappa shape index (κ3) is 4.88. The highest BCUT2D eigenvalue weighted by Gasteiger charge is 2.45. The number of fused-ring (bicyclic) bond motifs is 1. The molecule has 2 aliphatic rings. The number of nitrogens with one attached hydrogen (secondary N) is 1. The van der Waals surface area contributed by atoms with E-state index in [1.165, 1.54) is 6.07 Å². The van der Waals surface area contributed by atoms with Gasteiger partial charge in [0.15, 0.2) is 18.1 Å². The van der Waals surface area contributed by atoms with E-state index in [4.69, 9.17) is 25.8 Å². The molecule has 6 nitrogen and oxygen atoms in total. The number of alkyl halides is 3. The highest BCUT2D eigenvalue weighted by atomic mass is 35.5. The number of hydrogen-bond acceptors (Lipinski definition) is 5. The summed E-state index contributed by atoms with van der Waals surface area (Å²) in [6.07, 6.45) is -2.05. The van der Waals surface area contributed by atoms with Gasteiger partial charge in [-0.3, -0.25) is 9.59 Å². The standard InChI is InChI=1S/C23H21ClF3NO5/c24-15-4-5-17(16(12-15)23(25,26)27)28-20(29)13-33-21(30)22(7-1-2-8-22)14-3-6-18-19(11-14)32-10-9-31-18/h3-6,11-12H,1-2,7-10,13H2,(H,28,29). The van der Waals surface area contributed by atoms with E-state index in [0.29, 0.717) is 43.1 Å². The molecule has 2 aromatic carbocycles. The van der Waals surface area contributed by atoms with Gasteiger partial charge in [0.25, 0.3) is 5.91 Å². The van der Waals surface area contributed by atoms with Crippen LogP contribution in [-0.4, -0.2) is 31.7 Å². The Morgan fingerprint density at radius 2 is 1.73 bits per heavy atom. The zero-order chi connectivity index (χ0) is 23.6. The third-order valence-corrected chi connectivity index (χ3v) is 6.07. The van der Waals surface area contributed by atoms with Gasteiger partial charge in [-0.2, -0.15) is 13.2 Å². The van der Waals surface area contributed by atoms with E-state index in [-0.39, 0.29) is 5.02 Å². The largest absolute Gasteiger partial charge is 0.486 e. The number of anilines is 1. The van der Waals surface area contributed by atoms with Crippen molar-refractivity contribution >= 4 is 29.2 Å². The quantitative estimate of drug-likeness (QED) is 0.597. The number of ether oxygens (including phenoxy) is 3. The Kier molecular flexibility index (Phi) is 6.43. The molecule has 1 saturated carbocycles. The van der Waals surface area contributed by atoms with Crippen molar-refractivity contribution < 1.29 is 37.0 Å². The number of halogens is 4. The highest BCUT2D eigenvalue weighted by molar-refractivity contribution is 6.30. The average molecular weight is 484 g/mol. The molecule has 1 amide bonds. The van der Waals surface area contributed by atoms with E-state index < -0.39 is 41.3 Å². The lowest BCUT2D eigenvalue weighted by Crippen LogP contribution is -2.36. The fraction of sp³-hybridized carbons (Fsp3) is 0.391. The smallest absolute Gasteiger partial charge is 0.418 e. The van der Waals surface area contributed by atoms with Crippen molar-refractivity contribution in [2.45, 2.75) is 37.3 Å². The monoisotopic (exact) mass is 483 g/mol. The Morgan fingerprint density at radius 1 is 1.03 bits per heavy atom. The summed E-state index contributed by atoms with van der Waals surface area (Å²) in [5.41, 5.74) is -1.80. The number of carbonyl (C=O) groups excluding carboxylic acids is 2. The maximum atomic E-state index is 13.2. The molecule has 4 rings (SSSR count). The SMILES string of the molecule is O=C(COC(=O)C1(c2ccc3c(c2)OCCO3)CCCC1)Nc1ccc(Cl)cc1C(F)(F)F. The van der Waals surface area contributed by atoms with E-state index in [2.05, 4.69) is 5.32 Å². The van der Waals surface area contributed by atoms with Crippen LogP contribution in [0, 0.1) is 0 Å². The summed E-state index contributed by atoms with van der Waals surface area (Å²) < 4.78 is 56.1. The molecule has 0 radical (unpaired) electrons. The molecule has 1 heterocycles. The maximum absolute atomic E-state index is 13.2. The van der Waals surface area contributed by atoms with Gasteiger partial charge in [-0.25, -0.2) is 0 Å². The number of hydrogen-bond donors (Lipinski definition) is 1. The van der Waals surface area contributed by atoms with Gasteiger partial charge in [-0.15, -0.1) is 0 Å².